The lowest BCUT2D eigenvalue weighted by atomic mass is 10.4. The first-order valence-electron chi connectivity index (χ1n) is 4.72. The zero-order chi connectivity index (χ0) is 11.1. The van der Waals surface area contributed by atoms with E-state index in [1.54, 1.807) is 30.0 Å². The van der Waals surface area contributed by atoms with E-state index >= 15 is 0 Å². The number of carbonyl (C=O) groups is 1. The highest BCUT2D eigenvalue weighted by Gasteiger charge is 1.92. The van der Waals surface area contributed by atoms with Gasteiger partial charge in [0.15, 0.2) is 5.43 Å². The highest BCUT2D eigenvalue weighted by molar-refractivity contribution is 5.81. The Bertz CT molecular complexity index is 386. The Morgan fingerprint density at radius 3 is 2.73 bits per heavy atom. The smallest absolute Gasteiger partial charge is 0.330 e. The lowest BCUT2D eigenvalue weighted by Gasteiger charge is -2.00. The molecule has 1 heterocycles. The minimum absolute atomic E-state index is 0.0272. The maximum absolute atomic E-state index is 10.9. The van der Waals surface area contributed by atoms with Gasteiger partial charge < -0.3 is 9.30 Å². The molecule has 1 rings (SSSR count). The summed E-state index contributed by atoms with van der Waals surface area (Å²) in [5.41, 5.74) is -0.0272. The van der Waals surface area contributed by atoms with E-state index in [1.807, 2.05) is 0 Å². The summed E-state index contributed by atoms with van der Waals surface area (Å²) in [5, 5.41) is 0. The van der Waals surface area contributed by atoms with Crippen LogP contribution in [0.2, 0.25) is 0 Å². The second-order valence-corrected chi connectivity index (χ2v) is 2.89. The standard InChI is InChI=1S/C11H13NO3/c1-2-15-11(14)4-3-7-12-8-5-10(13)6-9-12/h3-6,8-9H,2,7H2,1H3/b4-3+. The van der Waals surface area contributed by atoms with E-state index in [0.29, 0.717) is 13.2 Å². The first-order chi connectivity index (χ1) is 7.22. The van der Waals surface area contributed by atoms with Gasteiger partial charge in [0.05, 0.1) is 6.61 Å². The molecular formula is C11H13NO3. The van der Waals surface area contributed by atoms with Crippen LogP contribution in [-0.2, 0) is 16.1 Å². The van der Waals surface area contributed by atoms with Gasteiger partial charge in [-0.05, 0) is 6.92 Å². The van der Waals surface area contributed by atoms with Gasteiger partial charge >= 0.3 is 5.97 Å². The summed E-state index contributed by atoms with van der Waals surface area (Å²) in [5.74, 6) is -0.349. The van der Waals surface area contributed by atoms with Crippen molar-refractivity contribution in [2.45, 2.75) is 13.5 Å². The zero-order valence-electron chi connectivity index (χ0n) is 8.55. The molecule has 0 saturated carbocycles. The molecule has 0 spiro atoms. The fraction of sp³-hybridized carbons (Fsp3) is 0.273. The molecule has 4 heteroatoms. The monoisotopic (exact) mass is 207 g/mol. The Labute approximate surface area is 87.8 Å². The molecule has 0 bridgehead atoms. The number of aromatic nitrogens is 1. The van der Waals surface area contributed by atoms with Gasteiger partial charge in [-0.2, -0.15) is 0 Å². The molecule has 0 atom stereocenters. The van der Waals surface area contributed by atoms with Crippen LogP contribution in [0.15, 0.2) is 41.5 Å². The normalized spacial score (nSPS) is 10.5. The molecule has 0 unspecified atom stereocenters. The van der Waals surface area contributed by atoms with Crippen LogP contribution >= 0.6 is 0 Å². The third-order valence-corrected chi connectivity index (χ3v) is 1.72. The number of ether oxygens (including phenoxy) is 1. The first kappa shape index (κ1) is 11.2. The SMILES string of the molecule is CCOC(=O)/C=C/Cn1ccc(=O)cc1. The topological polar surface area (TPSA) is 48.3 Å². The van der Waals surface area contributed by atoms with Crippen molar-refractivity contribution in [3.05, 3.63) is 46.9 Å². The Morgan fingerprint density at radius 2 is 2.13 bits per heavy atom. The first-order valence-corrected chi connectivity index (χ1v) is 4.72. The highest BCUT2D eigenvalue weighted by Crippen LogP contribution is 1.87. The van der Waals surface area contributed by atoms with Crippen LogP contribution < -0.4 is 5.43 Å². The van der Waals surface area contributed by atoms with Gasteiger partial charge in [-0.15, -0.1) is 0 Å². The highest BCUT2D eigenvalue weighted by atomic mass is 16.5. The number of pyridine rings is 1. The second kappa shape index (κ2) is 5.80. The molecule has 0 N–H and O–H groups in total. The number of esters is 1. The van der Waals surface area contributed by atoms with Crippen molar-refractivity contribution in [3.63, 3.8) is 0 Å². The van der Waals surface area contributed by atoms with Gasteiger partial charge in [-0.25, -0.2) is 4.79 Å². The lowest BCUT2D eigenvalue weighted by molar-refractivity contribution is -0.137. The van der Waals surface area contributed by atoms with Crippen molar-refractivity contribution >= 4 is 5.97 Å². The van der Waals surface area contributed by atoms with Crippen molar-refractivity contribution < 1.29 is 9.53 Å². The fourth-order valence-corrected chi connectivity index (χ4v) is 1.03. The molecule has 0 aliphatic carbocycles. The van der Waals surface area contributed by atoms with Crippen LogP contribution in [0, 0.1) is 0 Å². The molecule has 0 aromatic carbocycles. The summed E-state index contributed by atoms with van der Waals surface area (Å²) in [6.45, 7) is 2.67. The molecular weight excluding hydrogens is 194 g/mol. The van der Waals surface area contributed by atoms with Crippen molar-refractivity contribution in [1.29, 1.82) is 0 Å². The molecule has 0 radical (unpaired) electrons. The van der Waals surface area contributed by atoms with Crippen molar-refractivity contribution in [1.82, 2.24) is 4.57 Å². The third-order valence-electron chi connectivity index (χ3n) is 1.72. The van der Waals surface area contributed by atoms with Crippen molar-refractivity contribution in [2.24, 2.45) is 0 Å². The fourth-order valence-electron chi connectivity index (χ4n) is 1.03. The van der Waals surface area contributed by atoms with Gasteiger partial charge in [-0.3, -0.25) is 4.79 Å². The van der Waals surface area contributed by atoms with Gasteiger partial charge in [0.2, 0.25) is 0 Å². The molecule has 15 heavy (non-hydrogen) atoms. The average molecular weight is 207 g/mol. The lowest BCUT2D eigenvalue weighted by Crippen LogP contribution is -2.03. The molecule has 1 aromatic rings. The van der Waals surface area contributed by atoms with Crippen molar-refractivity contribution in [2.75, 3.05) is 6.61 Å². The van der Waals surface area contributed by atoms with Crippen LogP contribution in [0.25, 0.3) is 0 Å². The quantitative estimate of drug-likeness (QED) is 0.546. The predicted molar refractivity (Wildman–Crippen MR) is 56.5 cm³/mol. The summed E-state index contributed by atoms with van der Waals surface area (Å²) in [7, 11) is 0. The summed E-state index contributed by atoms with van der Waals surface area (Å²) in [6.07, 6.45) is 6.39. The number of hydrogen-bond acceptors (Lipinski definition) is 3. The Kier molecular flexibility index (Phi) is 4.34. The molecule has 0 saturated heterocycles. The Morgan fingerprint density at radius 1 is 1.47 bits per heavy atom. The van der Waals surface area contributed by atoms with Gasteiger partial charge in [0.25, 0.3) is 0 Å². The average Bonchev–Trinajstić information content (AvgIpc) is 2.21. The maximum atomic E-state index is 10.9. The van der Waals surface area contributed by atoms with Crippen LogP contribution in [0.1, 0.15) is 6.92 Å². The number of rotatable bonds is 4. The summed E-state index contributed by atoms with van der Waals surface area (Å²) in [4.78, 5) is 21.7. The van der Waals surface area contributed by atoms with E-state index in [-0.39, 0.29) is 11.4 Å². The Balaban J connectivity index is 2.46. The molecule has 80 valence electrons. The molecule has 0 aliphatic heterocycles. The number of allylic oxidation sites excluding steroid dienone is 1. The summed E-state index contributed by atoms with van der Waals surface area (Å²) >= 11 is 0. The minimum Gasteiger partial charge on any atom is -0.463 e. The molecule has 0 aliphatic rings. The summed E-state index contributed by atoms with van der Waals surface area (Å²) in [6, 6.07) is 2.94. The Hall–Kier alpha value is -1.84. The van der Waals surface area contributed by atoms with E-state index in [2.05, 4.69) is 0 Å². The van der Waals surface area contributed by atoms with Gasteiger partial charge in [0, 0.05) is 37.1 Å². The van der Waals surface area contributed by atoms with Gasteiger partial charge in [0.1, 0.15) is 0 Å². The second-order valence-electron chi connectivity index (χ2n) is 2.89. The van der Waals surface area contributed by atoms with E-state index in [9.17, 15) is 9.59 Å². The van der Waals surface area contributed by atoms with Crippen LogP contribution in [0.3, 0.4) is 0 Å². The van der Waals surface area contributed by atoms with E-state index < -0.39 is 0 Å². The minimum atomic E-state index is -0.349. The van der Waals surface area contributed by atoms with E-state index in [1.165, 1.54) is 18.2 Å². The number of nitrogens with zero attached hydrogens (tertiary/aromatic N) is 1. The summed E-state index contributed by atoms with van der Waals surface area (Å²) < 4.78 is 6.50. The molecule has 0 fully saturated rings. The molecule has 0 amide bonds. The predicted octanol–water partition coefficient (Wildman–Crippen LogP) is 0.968. The zero-order valence-corrected chi connectivity index (χ0v) is 8.55. The van der Waals surface area contributed by atoms with E-state index in [4.69, 9.17) is 4.74 Å². The van der Waals surface area contributed by atoms with Crippen LogP contribution in [0.4, 0.5) is 0 Å². The molecule has 4 nitrogen and oxygen atoms in total. The van der Waals surface area contributed by atoms with Crippen LogP contribution in [-0.4, -0.2) is 17.1 Å². The van der Waals surface area contributed by atoms with E-state index in [0.717, 1.165) is 0 Å². The third kappa shape index (κ3) is 4.26. The number of hydrogen-bond donors (Lipinski definition) is 0. The number of carbonyl (C=O) groups excluding carboxylic acids is 1. The molecule has 1 aromatic heterocycles. The largest absolute Gasteiger partial charge is 0.463 e. The van der Waals surface area contributed by atoms with Gasteiger partial charge in [-0.1, -0.05) is 6.08 Å². The van der Waals surface area contributed by atoms with Crippen LogP contribution in [0.5, 0.6) is 0 Å². The maximum Gasteiger partial charge on any atom is 0.330 e. The van der Waals surface area contributed by atoms with Crippen molar-refractivity contribution in [3.8, 4) is 0 Å².